The molecule has 146 valence electrons. The van der Waals surface area contributed by atoms with Crippen LogP contribution in [0.1, 0.15) is 35.3 Å². The third-order valence-electron chi connectivity index (χ3n) is 4.35. The molecule has 1 aromatic heterocycles. The lowest BCUT2D eigenvalue weighted by Crippen LogP contribution is -2.38. The maximum Gasteiger partial charge on any atom is 0.251 e. The average Bonchev–Trinajstić information content (AvgIpc) is 2.71. The summed E-state index contributed by atoms with van der Waals surface area (Å²) in [6, 6.07) is 17.8. The standard InChI is InChI=1S/C21H23N3O3S/c1-2-13-28(26,27)23-15-20(16-7-4-3-5-8-16)24-21(25)18-10-11-19-17(14-18)9-6-12-22-19/h3-12,14,20,23H,2,13,15H2,1H3,(H,24,25). The number of hydrogen-bond acceptors (Lipinski definition) is 4. The molecular formula is C21H23N3O3S. The molecule has 28 heavy (non-hydrogen) atoms. The lowest BCUT2D eigenvalue weighted by Gasteiger charge is -2.20. The van der Waals surface area contributed by atoms with Crippen molar-refractivity contribution in [3.05, 3.63) is 78.0 Å². The topological polar surface area (TPSA) is 88.2 Å². The van der Waals surface area contributed by atoms with Crippen molar-refractivity contribution in [1.82, 2.24) is 15.0 Å². The minimum Gasteiger partial charge on any atom is -0.344 e. The summed E-state index contributed by atoms with van der Waals surface area (Å²) in [7, 11) is -3.37. The molecule has 3 rings (SSSR count). The third kappa shape index (κ3) is 5.15. The highest BCUT2D eigenvalue weighted by Gasteiger charge is 2.19. The molecule has 3 aromatic rings. The Balaban J connectivity index is 1.80. The molecular weight excluding hydrogens is 374 g/mol. The largest absolute Gasteiger partial charge is 0.344 e. The average molecular weight is 398 g/mol. The second kappa shape index (κ2) is 8.95. The van der Waals surface area contributed by atoms with Gasteiger partial charge in [-0.15, -0.1) is 0 Å². The van der Waals surface area contributed by atoms with Crippen LogP contribution in [0.2, 0.25) is 0 Å². The van der Waals surface area contributed by atoms with Crippen LogP contribution in [0, 0.1) is 0 Å². The number of sulfonamides is 1. The minimum atomic E-state index is -3.37. The van der Waals surface area contributed by atoms with Gasteiger partial charge in [-0.1, -0.05) is 43.3 Å². The van der Waals surface area contributed by atoms with Crippen LogP contribution in [0.25, 0.3) is 10.9 Å². The van der Waals surface area contributed by atoms with Crippen molar-refractivity contribution in [2.45, 2.75) is 19.4 Å². The van der Waals surface area contributed by atoms with Crippen LogP contribution in [0.4, 0.5) is 0 Å². The fourth-order valence-corrected chi connectivity index (χ4v) is 4.05. The highest BCUT2D eigenvalue weighted by Crippen LogP contribution is 2.16. The molecule has 0 aliphatic rings. The molecule has 2 N–H and O–H groups in total. The van der Waals surface area contributed by atoms with Gasteiger partial charge in [0.1, 0.15) is 0 Å². The summed E-state index contributed by atoms with van der Waals surface area (Å²) in [4.78, 5) is 17.1. The highest BCUT2D eigenvalue weighted by molar-refractivity contribution is 7.89. The zero-order valence-corrected chi connectivity index (χ0v) is 16.4. The van der Waals surface area contributed by atoms with E-state index in [1.807, 2.05) is 49.4 Å². The number of amides is 1. The summed E-state index contributed by atoms with van der Waals surface area (Å²) in [5, 5.41) is 3.81. The molecule has 0 bridgehead atoms. The van der Waals surface area contributed by atoms with Gasteiger partial charge in [0.25, 0.3) is 5.91 Å². The van der Waals surface area contributed by atoms with E-state index in [1.165, 1.54) is 0 Å². The van der Waals surface area contributed by atoms with Crippen molar-refractivity contribution in [2.24, 2.45) is 0 Å². The van der Waals surface area contributed by atoms with Gasteiger partial charge in [-0.2, -0.15) is 0 Å². The molecule has 0 saturated carbocycles. The SMILES string of the molecule is CCCS(=O)(=O)NCC(NC(=O)c1ccc2ncccc2c1)c1ccccc1. The van der Waals surface area contributed by atoms with Crippen LogP contribution < -0.4 is 10.0 Å². The summed E-state index contributed by atoms with van der Waals surface area (Å²) in [6.45, 7) is 1.90. The Kier molecular flexibility index (Phi) is 6.38. The molecule has 1 atom stereocenters. The number of pyridine rings is 1. The van der Waals surface area contributed by atoms with Gasteiger partial charge in [0, 0.05) is 23.7 Å². The molecule has 6 nitrogen and oxygen atoms in total. The van der Waals surface area contributed by atoms with Crippen molar-refractivity contribution < 1.29 is 13.2 Å². The number of rotatable bonds is 8. The zero-order valence-electron chi connectivity index (χ0n) is 15.6. The molecule has 0 aliphatic carbocycles. The lowest BCUT2D eigenvalue weighted by molar-refractivity contribution is 0.0937. The number of aromatic nitrogens is 1. The van der Waals surface area contributed by atoms with E-state index in [0.29, 0.717) is 12.0 Å². The first kappa shape index (κ1) is 20.0. The first-order chi connectivity index (χ1) is 13.5. The van der Waals surface area contributed by atoms with E-state index in [4.69, 9.17) is 0 Å². The van der Waals surface area contributed by atoms with E-state index < -0.39 is 16.1 Å². The number of fused-ring (bicyclic) bond motifs is 1. The smallest absolute Gasteiger partial charge is 0.251 e. The van der Waals surface area contributed by atoms with E-state index in [9.17, 15) is 13.2 Å². The molecule has 0 saturated heterocycles. The van der Waals surface area contributed by atoms with Gasteiger partial charge in [-0.25, -0.2) is 13.1 Å². The van der Waals surface area contributed by atoms with E-state index in [-0.39, 0.29) is 18.2 Å². The van der Waals surface area contributed by atoms with Crippen molar-refractivity contribution in [3.8, 4) is 0 Å². The van der Waals surface area contributed by atoms with Gasteiger partial charge in [-0.3, -0.25) is 9.78 Å². The van der Waals surface area contributed by atoms with Crippen molar-refractivity contribution in [3.63, 3.8) is 0 Å². The fourth-order valence-electron chi connectivity index (χ4n) is 2.95. The van der Waals surface area contributed by atoms with Crippen molar-refractivity contribution in [1.29, 1.82) is 0 Å². The van der Waals surface area contributed by atoms with Gasteiger partial charge in [0.2, 0.25) is 10.0 Å². The number of benzene rings is 2. The van der Waals surface area contributed by atoms with Crippen LogP contribution in [-0.2, 0) is 10.0 Å². The summed E-state index contributed by atoms with van der Waals surface area (Å²) < 4.78 is 26.7. The van der Waals surface area contributed by atoms with Crippen LogP contribution in [0.15, 0.2) is 66.9 Å². The van der Waals surface area contributed by atoms with Gasteiger partial charge >= 0.3 is 0 Å². The number of hydrogen-bond donors (Lipinski definition) is 2. The summed E-state index contributed by atoms with van der Waals surface area (Å²) in [5.41, 5.74) is 2.14. The maximum absolute atomic E-state index is 12.8. The monoisotopic (exact) mass is 397 g/mol. The Hall–Kier alpha value is -2.77. The normalized spacial score (nSPS) is 12.6. The molecule has 2 aromatic carbocycles. The molecule has 0 spiro atoms. The Bertz CT molecular complexity index is 1050. The van der Waals surface area contributed by atoms with Gasteiger partial charge in [0.15, 0.2) is 0 Å². The van der Waals surface area contributed by atoms with Gasteiger partial charge < -0.3 is 5.32 Å². The summed E-state index contributed by atoms with van der Waals surface area (Å²) >= 11 is 0. The van der Waals surface area contributed by atoms with E-state index in [1.54, 1.807) is 24.4 Å². The number of nitrogens with zero attached hydrogens (tertiary/aromatic N) is 1. The minimum absolute atomic E-state index is 0.0557. The van der Waals surface area contributed by atoms with Crippen LogP contribution in [-0.4, -0.2) is 31.6 Å². The molecule has 0 aliphatic heterocycles. The number of carbonyl (C=O) groups is 1. The Morgan fingerprint density at radius 1 is 1.07 bits per heavy atom. The number of nitrogens with one attached hydrogen (secondary N) is 2. The van der Waals surface area contributed by atoms with Crippen molar-refractivity contribution >= 4 is 26.8 Å². The van der Waals surface area contributed by atoms with Crippen LogP contribution in [0.5, 0.6) is 0 Å². The Morgan fingerprint density at radius 3 is 2.61 bits per heavy atom. The predicted molar refractivity (Wildman–Crippen MR) is 110 cm³/mol. The molecule has 1 amide bonds. The second-order valence-electron chi connectivity index (χ2n) is 6.51. The molecule has 0 fully saturated rings. The van der Waals surface area contributed by atoms with E-state index >= 15 is 0 Å². The molecule has 1 unspecified atom stereocenters. The summed E-state index contributed by atoms with van der Waals surface area (Å²) in [5.74, 6) is -0.213. The van der Waals surface area contributed by atoms with E-state index in [2.05, 4.69) is 15.0 Å². The third-order valence-corrected chi connectivity index (χ3v) is 5.90. The van der Waals surface area contributed by atoms with Gasteiger partial charge in [-0.05, 0) is 36.2 Å². The first-order valence-electron chi connectivity index (χ1n) is 9.16. The highest BCUT2D eigenvalue weighted by atomic mass is 32.2. The van der Waals surface area contributed by atoms with Crippen LogP contribution in [0.3, 0.4) is 0 Å². The maximum atomic E-state index is 12.8. The van der Waals surface area contributed by atoms with Crippen molar-refractivity contribution in [2.75, 3.05) is 12.3 Å². The number of carbonyl (C=O) groups excluding carboxylic acids is 1. The fraction of sp³-hybridized carbons (Fsp3) is 0.238. The Morgan fingerprint density at radius 2 is 1.86 bits per heavy atom. The molecule has 0 radical (unpaired) electrons. The van der Waals surface area contributed by atoms with Crippen LogP contribution >= 0.6 is 0 Å². The summed E-state index contributed by atoms with van der Waals surface area (Å²) in [6.07, 6.45) is 2.23. The predicted octanol–water partition coefficient (Wildman–Crippen LogP) is 3.04. The lowest BCUT2D eigenvalue weighted by atomic mass is 10.1. The second-order valence-corrected chi connectivity index (χ2v) is 8.44. The quantitative estimate of drug-likeness (QED) is 0.612. The Labute approximate surface area is 165 Å². The van der Waals surface area contributed by atoms with Gasteiger partial charge in [0.05, 0.1) is 17.3 Å². The van der Waals surface area contributed by atoms with E-state index in [0.717, 1.165) is 16.5 Å². The first-order valence-corrected chi connectivity index (χ1v) is 10.8. The zero-order chi connectivity index (χ0) is 20.0. The molecule has 1 heterocycles. The molecule has 7 heteroatoms.